The van der Waals surface area contributed by atoms with Crippen molar-refractivity contribution < 1.29 is 19.1 Å². The number of halogens is 1. The minimum atomic E-state index is -0.386. The van der Waals surface area contributed by atoms with Crippen LogP contribution >= 0.6 is 11.6 Å². The van der Waals surface area contributed by atoms with Gasteiger partial charge in [-0.05, 0) is 66.2 Å². The van der Waals surface area contributed by atoms with Gasteiger partial charge in [-0.1, -0.05) is 23.7 Å². The van der Waals surface area contributed by atoms with Gasteiger partial charge in [0.2, 0.25) is 5.91 Å². The maximum atomic E-state index is 13.1. The van der Waals surface area contributed by atoms with Crippen molar-refractivity contribution in [1.29, 1.82) is 0 Å². The molecule has 1 heterocycles. The summed E-state index contributed by atoms with van der Waals surface area (Å²) in [7, 11) is 3.22. The van der Waals surface area contributed by atoms with E-state index >= 15 is 0 Å². The van der Waals surface area contributed by atoms with E-state index in [0.717, 1.165) is 22.7 Å². The highest BCUT2D eigenvalue weighted by molar-refractivity contribution is 6.30. The molecule has 0 radical (unpaired) electrons. The second kappa shape index (κ2) is 10.5. The summed E-state index contributed by atoms with van der Waals surface area (Å²) < 4.78 is 10.5. The molecule has 0 aliphatic carbocycles. The largest absolute Gasteiger partial charge is 0.497 e. The van der Waals surface area contributed by atoms with Crippen LogP contribution in [0.25, 0.3) is 0 Å². The summed E-state index contributed by atoms with van der Waals surface area (Å²) in [6, 6.07) is 21.2. The van der Waals surface area contributed by atoms with Crippen molar-refractivity contribution in [2.24, 2.45) is 0 Å². The van der Waals surface area contributed by atoms with Gasteiger partial charge in [0, 0.05) is 41.3 Å². The van der Waals surface area contributed by atoms with Crippen LogP contribution in [0.1, 0.15) is 17.9 Å². The lowest BCUT2D eigenvalue weighted by atomic mass is 9.85. The summed E-state index contributed by atoms with van der Waals surface area (Å²) >= 11 is 5.92. The maximum absolute atomic E-state index is 13.1. The number of hydrogen-bond donors (Lipinski definition) is 2. The summed E-state index contributed by atoms with van der Waals surface area (Å²) in [6.07, 6.45) is 0.163. The topological polar surface area (TPSA) is 79.9 Å². The number of methoxy groups -OCH3 is 2. The molecule has 1 fully saturated rings. The summed E-state index contributed by atoms with van der Waals surface area (Å²) in [4.78, 5) is 27.6. The Morgan fingerprint density at radius 3 is 2.09 bits per heavy atom. The van der Waals surface area contributed by atoms with E-state index in [2.05, 4.69) is 10.6 Å². The zero-order valence-corrected chi connectivity index (χ0v) is 19.7. The minimum absolute atomic E-state index is 0.0632. The van der Waals surface area contributed by atoms with Crippen molar-refractivity contribution >= 4 is 34.9 Å². The Labute approximate surface area is 203 Å². The van der Waals surface area contributed by atoms with E-state index in [9.17, 15) is 9.59 Å². The summed E-state index contributed by atoms with van der Waals surface area (Å²) in [5, 5.41) is 6.39. The summed E-state index contributed by atoms with van der Waals surface area (Å²) in [6.45, 7) is 0.420. The van der Waals surface area contributed by atoms with Crippen LogP contribution in [0.3, 0.4) is 0 Å². The molecule has 0 saturated carbocycles. The molecule has 176 valence electrons. The third kappa shape index (κ3) is 5.43. The number of carbonyl (C=O) groups excluding carboxylic acids is 2. The van der Waals surface area contributed by atoms with E-state index < -0.39 is 0 Å². The monoisotopic (exact) mass is 479 g/mol. The average molecular weight is 480 g/mol. The fraction of sp³-hybridized carbons (Fsp3) is 0.231. The first kappa shape index (κ1) is 23.4. The van der Waals surface area contributed by atoms with Gasteiger partial charge in [0.1, 0.15) is 11.5 Å². The van der Waals surface area contributed by atoms with Crippen LogP contribution in [-0.4, -0.2) is 38.7 Å². The third-order valence-electron chi connectivity index (χ3n) is 5.91. The summed E-state index contributed by atoms with van der Waals surface area (Å²) in [5.41, 5.74) is 2.40. The van der Waals surface area contributed by atoms with E-state index in [1.807, 2.05) is 48.5 Å². The lowest BCUT2D eigenvalue weighted by Gasteiger charge is -2.39. The number of rotatable bonds is 6. The number of ether oxygens (including phenoxy) is 2. The molecule has 1 aliphatic heterocycles. The van der Waals surface area contributed by atoms with E-state index in [1.165, 1.54) is 0 Å². The zero-order chi connectivity index (χ0) is 24.1. The molecule has 1 saturated heterocycles. The molecule has 3 aromatic rings. The Morgan fingerprint density at radius 2 is 1.50 bits per heavy atom. The van der Waals surface area contributed by atoms with Crippen molar-refractivity contribution in [2.45, 2.75) is 18.4 Å². The second-order valence-corrected chi connectivity index (χ2v) is 8.43. The van der Waals surface area contributed by atoms with Gasteiger partial charge in [0.05, 0.1) is 14.2 Å². The van der Waals surface area contributed by atoms with Crippen LogP contribution in [0, 0.1) is 0 Å². The molecule has 8 heteroatoms. The fourth-order valence-corrected chi connectivity index (χ4v) is 4.21. The molecule has 0 aromatic heterocycles. The Balaban J connectivity index is 1.56. The number of hydrogen-bond acceptors (Lipinski definition) is 4. The molecule has 2 N–H and O–H groups in total. The lowest BCUT2D eigenvalue weighted by molar-refractivity contribution is -0.120. The Morgan fingerprint density at radius 1 is 0.912 bits per heavy atom. The molecule has 7 nitrogen and oxygen atoms in total. The fourth-order valence-electron chi connectivity index (χ4n) is 4.09. The summed E-state index contributed by atoms with van der Waals surface area (Å²) in [5.74, 6) is 1.28. The van der Waals surface area contributed by atoms with Gasteiger partial charge in [0.25, 0.3) is 0 Å². The molecule has 34 heavy (non-hydrogen) atoms. The molecule has 2 atom stereocenters. The van der Waals surface area contributed by atoms with Crippen LogP contribution < -0.4 is 25.0 Å². The second-order valence-electron chi connectivity index (χ2n) is 8.00. The molecule has 2 unspecified atom stereocenters. The zero-order valence-electron chi connectivity index (χ0n) is 19.0. The van der Waals surface area contributed by atoms with Gasteiger partial charge in [0.15, 0.2) is 0 Å². The smallest absolute Gasteiger partial charge is 0.319 e. The molecule has 3 aromatic carbocycles. The standard InChI is InChI=1S/C26H26ClN3O4/c1-33-21-11-3-17(4-12-21)23-16-30(20-9-13-22(34-2)14-10-20)25(31)15-24(23)29-26(32)28-19-7-5-18(27)6-8-19/h3-14,23-24H,15-16H2,1-2H3,(H2,28,29,32). The molecule has 1 aliphatic rings. The predicted molar refractivity (Wildman–Crippen MR) is 133 cm³/mol. The molecule has 0 bridgehead atoms. The SMILES string of the molecule is COc1ccc(C2CN(c3ccc(OC)cc3)C(=O)CC2NC(=O)Nc2ccc(Cl)cc2)cc1. The van der Waals surface area contributed by atoms with Crippen LogP contribution in [0.5, 0.6) is 11.5 Å². The third-order valence-corrected chi connectivity index (χ3v) is 6.16. The van der Waals surface area contributed by atoms with Gasteiger partial charge in [-0.2, -0.15) is 0 Å². The minimum Gasteiger partial charge on any atom is -0.497 e. The quantitative estimate of drug-likeness (QED) is 0.517. The number of amides is 3. The Bertz CT molecular complexity index is 1130. The maximum Gasteiger partial charge on any atom is 0.319 e. The molecule has 4 rings (SSSR count). The van der Waals surface area contributed by atoms with Crippen LogP contribution in [-0.2, 0) is 4.79 Å². The molecular weight excluding hydrogens is 454 g/mol. The lowest BCUT2D eigenvalue weighted by Crippen LogP contribution is -2.53. The highest BCUT2D eigenvalue weighted by Crippen LogP contribution is 2.33. The number of piperidine rings is 1. The van der Waals surface area contributed by atoms with Gasteiger partial charge < -0.3 is 25.0 Å². The van der Waals surface area contributed by atoms with E-state index in [0.29, 0.717) is 17.3 Å². The highest BCUT2D eigenvalue weighted by Gasteiger charge is 2.36. The highest BCUT2D eigenvalue weighted by atomic mass is 35.5. The van der Waals surface area contributed by atoms with Crippen LogP contribution in [0.2, 0.25) is 5.02 Å². The predicted octanol–water partition coefficient (Wildman–Crippen LogP) is 5.07. The number of urea groups is 1. The van der Waals surface area contributed by atoms with Gasteiger partial charge in [-0.3, -0.25) is 4.79 Å². The molecular formula is C26H26ClN3O4. The first-order valence-corrected chi connectivity index (χ1v) is 11.3. The van der Waals surface area contributed by atoms with Crippen LogP contribution in [0.15, 0.2) is 72.8 Å². The van der Waals surface area contributed by atoms with Crippen LogP contribution in [0.4, 0.5) is 16.2 Å². The van der Waals surface area contributed by atoms with Crippen molar-refractivity contribution in [1.82, 2.24) is 5.32 Å². The average Bonchev–Trinajstić information content (AvgIpc) is 2.86. The van der Waals surface area contributed by atoms with Crippen molar-refractivity contribution in [3.63, 3.8) is 0 Å². The first-order chi connectivity index (χ1) is 16.5. The van der Waals surface area contributed by atoms with Crippen molar-refractivity contribution in [3.8, 4) is 11.5 Å². The number of anilines is 2. The Kier molecular flexibility index (Phi) is 7.23. The van der Waals surface area contributed by atoms with E-state index in [4.69, 9.17) is 21.1 Å². The van der Waals surface area contributed by atoms with Gasteiger partial charge >= 0.3 is 6.03 Å². The van der Waals surface area contributed by atoms with E-state index in [-0.39, 0.29) is 30.3 Å². The van der Waals surface area contributed by atoms with Crippen molar-refractivity contribution in [3.05, 3.63) is 83.4 Å². The molecule has 0 spiro atoms. The molecule has 3 amide bonds. The van der Waals surface area contributed by atoms with Gasteiger partial charge in [-0.25, -0.2) is 4.79 Å². The van der Waals surface area contributed by atoms with Crippen molar-refractivity contribution in [2.75, 3.05) is 31.0 Å². The first-order valence-electron chi connectivity index (χ1n) is 10.9. The van der Waals surface area contributed by atoms with E-state index in [1.54, 1.807) is 43.4 Å². The number of nitrogens with one attached hydrogen (secondary N) is 2. The number of benzene rings is 3. The number of nitrogens with zero attached hydrogens (tertiary/aromatic N) is 1. The number of carbonyl (C=O) groups is 2. The Hall–Kier alpha value is -3.71. The van der Waals surface area contributed by atoms with Gasteiger partial charge in [-0.15, -0.1) is 0 Å². The normalized spacial score (nSPS) is 17.7.